The molecule has 0 atom stereocenters. The number of fused-ring (bicyclic) bond motifs is 3. The van der Waals surface area contributed by atoms with Crippen molar-refractivity contribution >= 4 is 17.3 Å². The molecule has 2 aromatic rings. The molecule has 2 heterocycles. The second-order valence-electron chi connectivity index (χ2n) is 6.39. The molecule has 1 amide bonds. The van der Waals surface area contributed by atoms with Gasteiger partial charge in [-0.1, -0.05) is 23.4 Å². The second-order valence-corrected chi connectivity index (χ2v) is 6.39. The molecular formula is C19H19N3O3. The van der Waals surface area contributed by atoms with E-state index in [4.69, 9.17) is 4.74 Å². The first-order valence-electron chi connectivity index (χ1n) is 8.18. The van der Waals surface area contributed by atoms with Crippen molar-refractivity contribution in [3.63, 3.8) is 0 Å². The number of anilines is 1. The molecular weight excluding hydrogens is 318 g/mol. The molecule has 6 nitrogen and oxygen atoms in total. The van der Waals surface area contributed by atoms with Gasteiger partial charge in [0.05, 0.1) is 12.8 Å². The van der Waals surface area contributed by atoms with E-state index in [1.54, 1.807) is 7.11 Å². The van der Waals surface area contributed by atoms with Crippen LogP contribution in [0.25, 0.3) is 11.1 Å². The molecule has 25 heavy (non-hydrogen) atoms. The fourth-order valence-corrected chi connectivity index (χ4v) is 3.72. The third-order valence-electron chi connectivity index (χ3n) is 4.93. The van der Waals surface area contributed by atoms with Gasteiger partial charge >= 0.3 is 0 Å². The van der Waals surface area contributed by atoms with Crippen molar-refractivity contribution in [2.75, 3.05) is 26.0 Å². The van der Waals surface area contributed by atoms with Crippen molar-refractivity contribution < 1.29 is 14.7 Å². The number of benzene rings is 2. The Balaban J connectivity index is 2.02. The lowest BCUT2D eigenvalue weighted by atomic mass is 9.87. The predicted molar refractivity (Wildman–Crippen MR) is 95.4 cm³/mol. The van der Waals surface area contributed by atoms with Gasteiger partial charge in [-0.15, -0.1) is 0 Å². The summed E-state index contributed by atoms with van der Waals surface area (Å²) in [5.41, 5.74) is 5.75. The summed E-state index contributed by atoms with van der Waals surface area (Å²) >= 11 is 0. The molecule has 0 spiro atoms. The Kier molecular flexibility index (Phi) is 3.69. The molecule has 0 radical (unpaired) electrons. The number of carbonyl (C=O) groups is 1. The quantitative estimate of drug-likeness (QED) is 0.652. The van der Waals surface area contributed by atoms with Crippen LogP contribution in [0.4, 0.5) is 5.69 Å². The highest BCUT2D eigenvalue weighted by atomic mass is 16.5. The van der Waals surface area contributed by atoms with Gasteiger partial charge in [0, 0.05) is 24.2 Å². The molecule has 2 aliphatic rings. The van der Waals surface area contributed by atoms with Crippen molar-refractivity contribution in [3.05, 3.63) is 47.0 Å². The Bertz CT molecular complexity index is 905. The normalized spacial score (nSPS) is 18.0. The monoisotopic (exact) mass is 337 g/mol. The van der Waals surface area contributed by atoms with Gasteiger partial charge in [0.1, 0.15) is 5.75 Å². The van der Waals surface area contributed by atoms with Crippen LogP contribution in [0.5, 0.6) is 5.75 Å². The Morgan fingerprint density at radius 2 is 2.00 bits per heavy atom. The van der Waals surface area contributed by atoms with Gasteiger partial charge in [-0.2, -0.15) is 0 Å². The highest BCUT2D eigenvalue weighted by Gasteiger charge is 2.33. The average Bonchev–Trinajstić information content (AvgIpc) is 2.96. The van der Waals surface area contributed by atoms with E-state index in [1.165, 1.54) is 5.56 Å². The van der Waals surface area contributed by atoms with Crippen molar-refractivity contribution in [1.29, 1.82) is 0 Å². The van der Waals surface area contributed by atoms with Gasteiger partial charge in [0.15, 0.2) is 5.71 Å². The molecule has 0 bridgehead atoms. The summed E-state index contributed by atoms with van der Waals surface area (Å²) in [5.74, 6) is 0.411. The van der Waals surface area contributed by atoms with Gasteiger partial charge in [0.2, 0.25) is 0 Å². The molecule has 4 rings (SSSR count). The zero-order chi connectivity index (χ0) is 17.6. The van der Waals surface area contributed by atoms with Crippen molar-refractivity contribution in [1.82, 2.24) is 4.90 Å². The smallest absolute Gasteiger partial charge is 0.278 e. The Labute approximate surface area is 145 Å². The molecule has 2 aliphatic heterocycles. The van der Waals surface area contributed by atoms with Crippen LogP contribution in [-0.2, 0) is 17.8 Å². The fraction of sp³-hybridized carbons (Fsp3) is 0.263. The summed E-state index contributed by atoms with van der Waals surface area (Å²) < 4.78 is 5.53. The van der Waals surface area contributed by atoms with Crippen molar-refractivity contribution in [3.8, 4) is 16.9 Å². The van der Waals surface area contributed by atoms with E-state index in [0.717, 1.165) is 47.6 Å². The minimum atomic E-state index is -0.370. The molecule has 6 heteroatoms. The van der Waals surface area contributed by atoms with Crippen LogP contribution in [0.2, 0.25) is 0 Å². The summed E-state index contributed by atoms with van der Waals surface area (Å²) in [6.07, 6.45) is 0.883. The van der Waals surface area contributed by atoms with Gasteiger partial charge in [-0.25, -0.2) is 0 Å². The molecule has 0 aromatic heterocycles. The van der Waals surface area contributed by atoms with Crippen LogP contribution in [0, 0.1) is 0 Å². The zero-order valence-electron chi connectivity index (χ0n) is 14.2. The number of oxime groups is 1. The first-order chi connectivity index (χ1) is 12.1. The summed E-state index contributed by atoms with van der Waals surface area (Å²) in [4.78, 5) is 14.4. The lowest BCUT2D eigenvalue weighted by Gasteiger charge is -2.29. The second kappa shape index (κ2) is 5.89. The number of methoxy groups -OCH3 is 1. The number of nitrogens with zero attached hydrogens (tertiary/aromatic N) is 2. The lowest BCUT2D eigenvalue weighted by Crippen LogP contribution is -2.27. The van der Waals surface area contributed by atoms with Gasteiger partial charge in [-0.05, 0) is 42.3 Å². The number of ether oxygens (including phenoxy) is 1. The Morgan fingerprint density at radius 1 is 1.20 bits per heavy atom. The third-order valence-corrected chi connectivity index (χ3v) is 4.93. The third kappa shape index (κ3) is 2.37. The van der Waals surface area contributed by atoms with Gasteiger partial charge in [-0.3, -0.25) is 4.79 Å². The van der Waals surface area contributed by atoms with Crippen LogP contribution in [0.15, 0.2) is 35.5 Å². The Hall–Kier alpha value is -2.86. The Morgan fingerprint density at radius 3 is 2.76 bits per heavy atom. The topological polar surface area (TPSA) is 74.2 Å². The van der Waals surface area contributed by atoms with E-state index >= 15 is 0 Å². The van der Waals surface area contributed by atoms with Crippen LogP contribution in [-0.4, -0.2) is 42.4 Å². The van der Waals surface area contributed by atoms with E-state index in [1.807, 2.05) is 30.3 Å². The summed E-state index contributed by atoms with van der Waals surface area (Å²) in [6, 6.07) is 9.77. The van der Waals surface area contributed by atoms with E-state index < -0.39 is 0 Å². The number of amides is 1. The first kappa shape index (κ1) is 15.7. The molecule has 128 valence electrons. The van der Waals surface area contributed by atoms with Crippen LogP contribution >= 0.6 is 0 Å². The van der Waals surface area contributed by atoms with E-state index in [0.29, 0.717) is 5.56 Å². The molecule has 0 saturated carbocycles. The predicted octanol–water partition coefficient (Wildman–Crippen LogP) is 2.48. The molecule has 0 saturated heterocycles. The van der Waals surface area contributed by atoms with Crippen molar-refractivity contribution in [2.24, 2.45) is 5.16 Å². The highest BCUT2D eigenvalue weighted by Crippen LogP contribution is 2.42. The summed E-state index contributed by atoms with van der Waals surface area (Å²) in [6.45, 7) is 1.68. The zero-order valence-corrected chi connectivity index (χ0v) is 14.2. The van der Waals surface area contributed by atoms with Crippen molar-refractivity contribution in [2.45, 2.75) is 13.0 Å². The maximum atomic E-state index is 12.2. The maximum absolute atomic E-state index is 12.2. The lowest BCUT2D eigenvalue weighted by molar-refractivity contribution is -0.110. The molecule has 2 aromatic carbocycles. The fourth-order valence-electron chi connectivity index (χ4n) is 3.72. The minimum absolute atomic E-state index is 0.0576. The minimum Gasteiger partial charge on any atom is -0.496 e. The standard InChI is InChI=1S/C19H19N3O3/c1-22-8-7-11-13(12-5-3-4-6-16(12)25-2)9-14-17(15(11)10-22)20-19(23)18(14)21-24/h3-6,9,24H,7-8,10H2,1-2H3,(H,20,21,23). The number of rotatable bonds is 2. The molecule has 0 fully saturated rings. The maximum Gasteiger partial charge on any atom is 0.278 e. The average molecular weight is 337 g/mol. The SMILES string of the molecule is COc1ccccc1-c1cc2c(c3c1CCN(C)C3)NC(=O)/C2=N\O. The summed E-state index contributed by atoms with van der Waals surface area (Å²) in [7, 11) is 3.71. The van der Waals surface area contributed by atoms with Gasteiger partial charge in [0.25, 0.3) is 5.91 Å². The number of para-hydroxylation sites is 1. The number of likely N-dealkylation sites (N-methyl/N-ethyl adjacent to an activating group) is 1. The first-order valence-corrected chi connectivity index (χ1v) is 8.18. The summed E-state index contributed by atoms with van der Waals surface area (Å²) in [5, 5.41) is 15.4. The van der Waals surface area contributed by atoms with Gasteiger partial charge < -0.3 is 20.2 Å². The van der Waals surface area contributed by atoms with E-state index in [-0.39, 0.29) is 11.6 Å². The van der Waals surface area contributed by atoms with Crippen LogP contribution in [0.3, 0.4) is 0 Å². The largest absolute Gasteiger partial charge is 0.496 e. The van der Waals surface area contributed by atoms with E-state index in [2.05, 4.69) is 22.4 Å². The molecule has 0 aliphatic carbocycles. The number of hydrogen-bond acceptors (Lipinski definition) is 5. The van der Waals surface area contributed by atoms with Crippen LogP contribution < -0.4 is 10.1 Å². The highest BCUT2D eigenvalue weighted by molar-refractivity contribution is 6.54. The van der Waals surface area contributed by atoms with E-state index in [9.17, 15) is 10.0 Å². The number of carbonyl (C=O) groups excluding carboxylic acids is 1. The number of nitrogens with one attached hydrogen (secondary N) is 1. The molecule has 2 N–H and O–H groups in total. The van der Waals surface area contributed by atoms with Crippen LogP contribution in [0.1, 0.15) is 16.7 Å². The number of hydrogen-bond donors (Lipinski definition) is 2. The molecule has 0 unspecified atom stereocenters.